The van der Waals surface area contributed by atoms with Crippen LogP contribution in [0.2, 0.25) is 0 Å². The van der Waals surface area contributed by atoms with Gasteiger partial charge in [-0.3, -0.25) is 9.59 Å². The molecule has 3 aliphatic rings. The number of nitrogens with one attached hydrogen (secondary N) is 2. The zero-order chi connectivity index (χ0) is 36.3. The lowest BCUT2D eigenvalue weighted by molar-refractivity contribution is -0.145. The van der Waals surface area contributed by atoms with E-state index in [-0.39, 0.29) is 31.9 Å². The summed E-state index contributed by atoms with van der Waals surface area (Å²) in [5.74, 6) is -2.04. The summed E-state index contributed by atoms with van der Waals surface area (Å²) in [6, 6.07) is 14.8. The van der Waals surface area contributed by atoms with Gasteiger partial charge in [-0.2, -0.15) is 0 Å². The summed E-state index contributed by atoms with van der Waals surface area (Å²) in [6.07, 6.45) is 6.12. The number of benzene rings is 2. The summed E-state index contributed by atoms with van der Waals surface area (Å²) in [5.41, 5.74) is 0.556. The van der Waals surface area contributed by atoms with Crippen LogP contribution in [0.3, 0.4) is 0 Å². The quantitative estimate of drug-likeness (QED) is 0.256. The number of hydrogen-bond acceptors (Lipinski definition) is 8. The number of carbonyl (C=O) groups is 4. The molecule has 12 heteroatoms. The molecule has 3 amide bonds. The Morgan fingerprint density at radius 3 is 2.59 bits per heavy atom. The monoisotopic (exact) mass is 698 g/mol. The number of amides is 3. The van der Waals surface area contributed by atoms with Gasteiger partial charge in [0, 0.05) is 29.4 Å². The largest absolute Gasteiger partial charge is 0.488 e. The number of hydrogen-bond donors (Lipinski definition) is 4. The van der Waals surface area contributed by atoms with Crippen LogP contribution in [0.4, 0.5) is 4.79 Å². The molecule has 6 rings (SSSR count). The minimum Gasteiger partial charge on any atom is -0.488 e. The second-order valence-corrected chi connectivity index (χ2v) is 14.7. The molecular formula is C39H46N4O8. The summed E-state index contributed by atoms with van der Waals surface area (Å²) < 4.78 is 12.1. The fraction of sp³-hybridized carbons (Fsp3) is 0.462. The number of aliphatic hydroxyl groups is 1. The van der Waals surface area contributed by atoms with Crippen molar-refractivity contribution in [1.82, 2.24) is 20.5 Å². The van der Waals surface area contributed by atoms with E-state index < -0.39 is 53.2 Å². The molecule has 51 heavy (non-hydrogen) atoms. The van der Waals surface area contributed by atoms with Gasteiger partial charge in [-0.1, -0.05) is 61.4 Å². The molecule has 3 aromatic rings. The van der Waals surface area contributed by atoms with Crippen LogP contribution in [0.25, 0.3) is 22.2 Å². The number of ether oxygens (including phenoxy) is 2. The highest BCUT2D eigenvalue weighted by Crippen LogP contribution is 2.45. The second kappa shape index (κ2) is 14.7. The molecule has 1 saturated carbocycles. The van der Waals surface area contributed by atoms with Crippen molar-refractivity contribution in [2.75, 3.05) is 6.54 Å². The van der Waals surface area contributed by atoms with Crippen molar-refractivity contribution >= 4 is 34.8 Å². The number of rotatable bonds is 6. The summed E-state index contributed by atoms with van der Waals surface area (Å²) in [5, 5.41) is 26.2. The number of nitrogens with zero attached hydrogens (tertiary/aromatic N) is 2. The molecule has 3 heterocycles. The van der Waals surface area contributed by atoms with Gasteiger partial charge < -0.3 is 35.2 Å². The van der Waals surface area contributed by atoms with Gasteiger partial charge in [0.25, 0.3) is 0 Å². The SMILES string of the molecule is CC(C)(C)OC(=O)N[C@H]1CCCCC/C=C\C2C[C@@]2(C(=O)O)NC(=O)[C@@H]2C[C@@H](Oc3cc(-c4ccccc4)nc4cc(CO)ccc34)CN2C1=O. The first-order valence-electron chi connectivity index (χ1n) is 17.7. The first kappa shape index (κ1) is 35.8. The van der Waals surface area contributed by atoms with Crippen molar-refractivity contribution in [1.29, 1.82) is 0 Å². The molecule has 2 aromatic carbocycles. The fourth-order valence-corrected chi connectivity index (χ4v) is 6.97. The van der Waals surface area contributed by atoms with E-state index in [1.165, 1.54) is 4.90 Å². The van der Waals surface area contributed by atoms with E-state index in [9.17, 15) is 29.4 Å². The predicted octanol–water partition coefficient (Wildman–Crippen LogP) is 5.12. The van der Waals surface area contributed by atoms with Crippen LogP contribution in [0, 0.1) is 5.92 Å². The van der Waals surface area contributed by atoms with Crippen molar-refractivity contribution in [3.8, 4) is 17.0 Å². The summed E-state index contributed by atoms with van der Waals surface area (Å²) in [6.45, 7) is 5.07. The maximum Gasteiger partial charge on any atom is 0.408 e. The van der Waals surface area contributed by atoms with Crippen molar-refractivity contribution in [2.45, 2.75) is 102 Å². The highest BCUT2D eigenvalue weighted by Gasteiger charge is 2.61. The Balaban J connectivity index is 1.34. The molecule has 1 saturated heterocycles. The summed E-state index contributed by atoms with van der Waals surface area (Å²) >= 11 is 0. The number of allylic oxidation sites excluding steroid dienone is 1. The van der Waals surface area contributed by atoms with Crippen molar-refractivity contribution in [2.24, 2.45) is 5.92 Å². The highest BCUT2D eigenvalue weighted by atomic mass is 16.6. The Labute approximate surface area is 297 Å². The van der Waals surface area contributed by atoms with E-state index in [1.807, 2.05) is 54.6 Å². The van der Waals surface area contributed by atoms with Gasteiger partial charge in [-0.05, 0) is 64.2 Å². The number of carboxylic acids is 1. The van der Waals surface area contributed by atoms with Crippen LogP contribution in [0.1, 0.15) is 71.3 Å². The zero-order valence-electron chi connectivity index (χ0n) is 29.3. The lowest BCUT2D eigenvalue weighted by Crippen LogP contribution is -2.56. The molecule has 2 fully saturated rings. The third-order valence-electron chi connectivity index (χ3n) is 9.69. The molecular weight excluding hydrogens is 652 g/mol. The second-order valence-electron chi connectivity index (χ2n) is 14.7. The fourth-order valence-electron chi connectivity index (χ4n) is 6.97. The Morgan fingerprint density at radius 2 is 1.86 bits per heavy atom. The van der Waals surface area contributed by atoms with Crippen LogP contribution in [0.5, 0.6) is 5.75 Å². The van der Waals surface area contributed by atoms with Gasteiger partial charge in [0.1, 0.15) is 35.1 Å². The Kier molecular flexibility index (Phi) is 10.3. The van der Waals surface area contributed by atoms with Gasteiger partial charge in [0.15, 0.2) is 0 Å². The van der Waals surface area contributed by atoms with E-state index in [0.717, 1.165) is 24.8 Å². The van der Waals surface area contributed by atoms with Crippen LogP contribution in [0.15, 0.2) is 66.7 Å². The molecule has 4 N–H and O–H groups in total. The highest BCUT2D eigenvalue weighted by molar-refractivity contribution is 5.96. The van der Waals surface area contributed by atoms with E-state index >= 15 is 0 Å². The molecule has 0 bridgehead atoms. The Hall–Kier alpha value is -4.97. The minimum absolute atomic E-state index is 0.0199. The number of carbonyl (C=O) groups excluding carboxylic acids is 3. The maximum atomic E-state index is 14.4. The first-order valence-corrected chi connectivity index (χ1v) is 17.7. The average molecular weight is 699 g/mol. The number of fused-ring (bicyclic) bond motifs is 3. The molecule has 1 unspecified atom stereocenters. The van der Waals surface area contributed by atoms with E-state index in [4.69, 9.17) is 14.5 Å². The topological polar surface area (TPSA) is 167 Å². The minimum atomic E-state index is -1.45. The van der Waals surface area contributed by atoms with Gasteiger partial charge in [0.2, 0.25) is 11.8 Å². The number of aliphatic hydroxyl groups excluding tert-OH is 1. The third kappa shape index (κ3) is 8.17. The first-order chi connectivity index (χ1) is 24.4. The van der Waals surface area contributed by atoms with E-state index in [2.05, 4.69) is 10.6 Å². The number of carboxylic acid groups (broad SMARTS) is 1. The molecule has 1 aromatic heterocycles. The van der Waals surface area contributed by atoms with Gasteiger partial charge >= 0.3 is 12.1 Å². The third-order valence-corrected chi connectivity index (χ3v) is 9.69. The molecule has 0 spiro atoms. The van der Waals surface area contributed by atoms with E-state index in [1.54, 1.807) is 32.9 Å². The summed E-state index contributed by atoms with van der Waals surface area (Å²) in [7, 11) is 0. The number of alkyl carbamates (subject to hydrolysis) is 1. The van der Waals surface area contributed by atoms with Crippen LogP contribution < -0.4 is 15.4 Å². The van der Waals surface area contributed by atoms with Gasteiger partial charge in [-0.15, -0.1) is 0 Å². The molecule has 270 valence electrons. The molecule has 1 aliphatic carbocycles. The molecule has 12 nitrogen and oxygen atoms in total. The predicted molar refractivity (Wildman–Crippen MR) is 190 cm³/mol. The Bertz CT molecular complexity index is 1820. The molecule has 5 atom stereocenters. The number of aromatic nitrogens is 1. The normalized spacial score (nSPS) is 26.2. The van der Waals surface area contributed by atoms with Gasteiger partial charge in [-0.25, -0.2) is 14.6 Å². The number of pyridine rings is 1. The molecule has 0 radical (unpaired) electrons. The van der Waals surface area contributed by atoms with Crippen LogP contribution >= 0.6 is 0 Å². The standard InChI is InChI=1S/C39H46N4O8/c1-38(2,3)51-37(49)41-29-15-11-6-4-5-10-14-26-21-39(26,36(47)48)42-34(45)32-19-27(22-43(32)35(29)46)50-33-20-30(25-12-8-7-9-13-25)40-31-18-24(23-44)16-17-28(31)33/h7-10,12-14,16-18,20,26-27,29,32,44H,4-6,11,15,19,21-23H2,1-3H3,(H,41,49)(H,42,45)(H,47,48)/b14-10-/t26?,27-,29+,32+,39-/m1/s1. The Morgan fingerprint density at radius 1 is 1.08 bits per heavy atom. The van der Waals surface area contributed by atoms with Crippen molar-refractivity contribution in [3.63, 3.8) is 0 Å². The van der Waals surface area contributed by atoms with Crippen molar-refractivity contribution < 1.29 is 38.9 Å². The van der Waals surface area contributed by atoms with Crippen LogP contribution in [-0.2, 0) is 25.7 Å². The maximum absolute atomic E-state index is 14.4. The van der Waals surface area contributed by atoms with Crippen molar-refractivity contribution in [3.05, 3.63) is 72.3 Å². The lowest BCUT2D eigenvalue weighted by atomic mass is 10.0. The van der Waals surface area contributed by atoms with Gasteiger partial charge in [0.05, 0.1) is 24.4 Å². The van der Waals surface area contributed by atoms with E-state index in [0.29, 0.717) is 40.8 Å². The summed E-state index contributed by atoms with van der Waals surface area (Å²) in [4.78, 5) is 60.1. The smallest absolute Gasteiger partial charge is 0.408 e. The number of aliphatic carboxylic acids is 1. The zero-order valence-corrected chi connectivity index (χ0v) is 29.3. The lowest BCUT2D eigenvalue weighted by Gasteiger charge is -2.30. The average Bonchev–Trinajstić information content (AvgIpc) is 3.63. The molecule has 2 aliphatic heterocycles. The van der Waals surface area contributed by atoms with Crippen LogP contribution in [-0.4, -0.2) is 79.8 Å².